The van der Waals surface area contributed by atoms with E-state index in [0.29, 0.717) is 13.0 Å². The zero-order valence-corrected chi connectivity index (χ0v) is 13.8. The lowest BCUT2D eigenvalue weighted by Gasteiger charge is -2.32. The van der Waals surface area contributed by atoms with E-state index in [1.165, 1.54) is 0 Å². The highest BCUT2D eigenvalue weighted by Crippen LogP contribution is 2.17. The zero-order valence-electron chi connectivity index (χ0n) is 13.8. The molecular formula is C17H23N5O2. The first-order valence-corrected chi connectivity index (χ1v) is 8.21. The van der Waals surface area contributed by atoms with Crippen LogP contribution in [-0.4, -0.2) is 66.5 Å². The largest absolute Gasteiger partial charge is 0.361 e. The predicted octanol–water partition coefficient (Wildman–Crippen LogP) is 0.105. The molecule has 0 aliphatic carbocycles. The topological polar surface area (TPSA) is 80.5 Å². The lowest BCUT2D eigenvalue weighted by atomic mass is 10.1. The monoisotopic (exact) mass is 329 g/mol. The standard InChI is InChI=1S/C17H23N5O2/c1-21-8-10-22(11-9-21)20-17(24)16(23)18-7-6-13-12-19-15-5-3-2-4-14(13)15/h2-5,12,19H,6-11H2,1H3,(H,18,23)(H,20,24). The van der Waals surface area contributed by atoms with Crippen molar-refractivity contribution in [2.75, 3.05) is 39.8 Å². The summed E-state index contributed by atoms with van der Waals surface area (Å²) in [5.74, 6) is -1.19. The fraction of sp³-hybridized carbons (Fsp3) is 0.412. The van der Waals surface area contributed by atoms with E-state index in [4.69, 9.17) is 0 Å². The summed E-state index contributed by atoms with van der Waals surface area (Å²) >= 11 is 0. The molecular weight excluding hydrogens is 306 g/mol. The van der Waals surface area contributed by atoms with Gasteiger partial charge in [0.15, 0.2) is 0 Å². The van der Waals surface area contributed by atoms with Crippen molar-refractivity contribution in [3.05, 3.63) is 36.0 Å². The van der Waals surface area contributed by atoms with Crippen molar-refractivity contribution in [3.63, 3.8) is 0 Å². The first-order valence-electron chi connectivity index (χ1n) is 8.21. The summed E-state index contributed by atoms with van der Waals surface area (Å²) in [6.45, 7) is 3.64. The number of hydrogen-bond donors (Lipinski definition) is 3. The summed E-state index contributed by atoms with van der Waals surface area (Å²) < 4.78 is 0. The molecule has 7 heteroatoms. The quantitative estimate of drug-likeness (QED) is 0.696. The van der Waals surface area contributed by atoms with E-state index in [0.717, 1.165) is 42.6 Å². The van der Waals surface area contributed by atoms with Crippen molar-refractivity contribution in [2.24, 2.45) is 0 Å². The van der Waals surface area contributed by atoms with E-state index in [1.54, 1.807) is 5.01 Å². The molecule has 0 radical (unpaired) electrons. The van der Waals surface area contributed by atoms with Crippen LogP contribution in [0.2, 0.25) is 0 Å². The van der Waals surface area contributed by atoms with Crippen molar-refractivity contribution in [1.82, 2.24) is 25.6 Å². The Hall–Kier alpha value is -2.38. The summed E-state index contributed by atoms with van der Waals surface area (Å²) in [4.78, 5) is 29.2. The third-order valence-corrected chi connectivity index (χ3v) is 4.32. The molecule has 1 aromatic carbocycles. The highest BCUT2D eigenvalue weighted by molar-refractivity contribution is 6.34. The van der Waals surface area contributed by atoms with Gasteiger partial charge >= 0.3 is 11.8 Å². The number of carbonyl (C=O) groups is 2. The number of likely N-dealkylation sites (N-methyl/N-ethyl adjacent to an activating group) is 1. The fourth-order valence-corrected chi connectivity index (χ4v) is 2.84. The highest BCUT2D eigenvalue weighted by Gasteiger charge is 2.19. The molecule has 1 aromatic heterocycles. The Labute approximate surface area is 141 Å². The number of H-pyrrole nitrogens is 1. The Morgan fingerprint density at radius 1 is 1.12 bits per heavy atom. The smallest absolute Gasteiger partial charge is 0.323 e. The van der Waals surface area contributed by atoms with Crippen LogP contribution in [0.1, 0.15) is 5.56 Å². The van der Waals surface area contributed by atoms with Gasteiger partial charge in [-0.2, -0.15) is 0 Å². The molecule has 1 saturated heterocycles. The summed E-state index contributed by atoms with van der Waals surface area (Å²) in [5, 5.41) is 5.62. The number of aromatic nitrogens is 1. The molecule has 128 valence electrons. The van der Waals surface area contributed by atoms with Gasteiger partial charge in [0.2, 0.25) is 0 Å². The molecule has 2 amide bonds. The van der Waals surface area contributed by atoms with Crippen molar-refractivity contribution < 1.29 is 9.59 Å². The molecule has 0 saturated carbocycles. The van der Waals surface area contributed by atoms with Crippen molar-refractivity contribution >= 4 is 22.7 Å². The molecule has 3 N–H and O–H groups in total. The Morgan fingerprint density at radius 2 is 1.88 bits per heavy atom. The average Bonchev–Trinajstić information content (AvgIpc) is 3.00. The molecule has 3 rings (SSSR count). The molecule has 1 aliphatic rings. The van der Waals surface area contributed by atoms with E-state index in [1.807, 2.05) is 37.5 Å². The average molecular weight is 329 g/mol. The first-order chi connectivity index (χ1) is 11.6. The van der Waals surface area contributed by atoms with Crippen LogP contribution in [0.4, 0.5) is 0 Å². The summed E-state index contributed by atoms with van der Waals surface area (Å²) in [5.41, 5.74) is 4.87. The summed E-state index contributed by atoms with van der Waals surface area (Å²) in [6, 6.07) is 8.03. The molecule has 7 nitrogen and oxygen atoms in total. The maximum atomic E-state index is 11.9. The first kappa shape index (κ1) is 16.5. The predicted molar refractivity (Wildman–Crippen MR) is 92.2 cm³/mol. The number of para-hydroxylation sites is 1. The van der Waals surface area contributed by atoms with Gasteiger partial charge in [0.25, 0.3) is 0 Å². The molecule has 1 aliphatic heterocycles. The van der Waals surface area contributed by atoms with E-state index in [9.17, 15) is 9.59 Å². The number of carbonyl (C=O) groups excluding carboxylic acids is 2. The maximum absolute atomic E-state index is 11.9. The Balaban J connectivity index is 1.44. The third-order valence-electron chi connectivity index (χ3n) is 4.32. The minimum atomic E-state index is -0.599. The van der Waals surface area contributed by atoms with Crippen LogP contribution in [0.3, 0.4) is 0 Å². The molecule has 0 spiro atoms. The van der Waals surface area contributed by atoms with E-state index < -0.39 is 11.8 Å². The van der Waals surface area contributed by atoms with Crippen LogP contribution < -0.4 is 10.7 Å². The minimum absolute atomic E-state index is 0.427. The van der Waals surface area contributed by atoms with Gasteiger partial charge in [-0.25, -0.2) is 5.01 Å². The number of fused-ring (bicyclic) bond motifs is 1. The van der Waals surface area contributed by atoms with Crippen molar-refractivity contribution in [1.29, 1.82) is 0 Å². The van der Waals surface area contributed by atoms with E-state index >= 15 is 0 Å². The minimum Gasteiger partial charge on any atom is -0.361 e. The molecule has 1 fully saturated rings. The highest BCUT2D eigenvalue weighted by atomic mass is 16.2. The molecule has 0 atom stereocenters. The number of amides is 2. The molecule has 24 heavy (non-hydrogen) atoms. The van der Waals surface area contributed by atoms with Gasteiger partial charge in [-0.15, -0.1) is 0 Å². The number of nitrogens with zero attached hydrogens (tertiary/aromatic N) is 2. The van der Waals surface area contributed by atoms with Crippen LogP contribution in [0, 0.1) is 0 Å². The maximum Gasteiger partial charge on any atom is 0.323 e. The Morgan fingerprint density at radius 3 is 2.67 bits per heavy atom. The van der Waals surface area contributed by atoms with E-state index in [2.05, 4.69) is 20.6 Å². The van der Waals surface area contributed by atoms with Gasteiger partial charge in [-0.3, -0.25) is 15.0 Å². The number of piperazine rings is 1. The summed E-state index contributed by atoms with van der Waals surface area (Å²) in [7, 11) is 2.04. The van der Waals surface area contributed by atoms with Gasteiger partial charge in [0.05, 0.1) is 0 Å². The Kier molecular flexibility index (Phi) is 5.12. The normalized spacial score (nSPS) is 16.2. The van der Waals surface area contributed by atoms with Gasteiger partial charge in [-0.1, -0.05) is 18.2 Å². The fourth-order valence-electron chi connectivity index (χ4n) is 2.84. The van der Waals surface area contributed by atoms with Crippen molar-refractivity contribution in [3.8, 4) is 0 Å². The second kappa shape index (κ2) is 7.46. The SMILES string of the molecule is CN1CCN(NC(=O)C(=O)NCCc2c[nH]c3ccccc23)CC1. The lowest BCUT2D eigenvalue weighted by molar-refractivity contribution is -0.142. The van der Waals surface area contributed by atoms with Gasteiger partial charge in [0.1, 0.15) is 0 Å². The number of hydrogen-bond acceptors (Lipinski definition) is 4. The molecule has 2 heterocycles. The number of benzene rings is 1. The number of hydrazine groups is 1. The van der Waals surface area contributed by atoms with Crippen LogP contribution in [0.25, 0.3) is 10.9 Å². The second-order valence-electron chi connectivity index (χ2n) is 6.10. The van der Waals surface area contributed by atoms with Crippen LogP contribution in [0.15, 0.2) is 30.5 Å². The molecule has 0 bridgehead atoms. The number of rotatable bonds is 4. The van der Waals surface area contributed by atoms with E-state index in [-0.39, 0.29) is 0 Å². The van der Waals surface area contributed by atoms with Crippen LogP contribution >= 0.6 is 0 Å². The third kappa shape index (κ3) is 3.93. The Bertz CT molecular complexity index is 719. The number of aromatic amines is 1. The van der Waals surface area contributed by atoms with Gasteiger partial charge in [0, 0.05) is 49.8 Å². The molecule has 2 aromatic rings. The van der Waals surface area contributed by atoms with Crippen LogP contribution in [-0.2, 0) is 16.0 Å². The van der Waals surface area contributed by atoms with Crippen LogP contribution in [0.5, 0.6) is 0 Å². The van der Waals surface area contributed by atoms with Gasteiger partial charge < -0.3 is 15.2 Å². The van der Waals surface area contributed by atoms with Crippen molar-refractivity contribution in [2.45, 2.75) is 6.42 Å². The summed E-state index contributed by atoms with van der Waals surface area (Å²) in [6.07, 6.45) is 2.62. The van der Waals surface area contributed by atoms with Gasteiger partial charge in [-0.05, 0) is 25.1 Å². The second-order valence-corrected chi connectivity index (χ2v) is 6.10. The zero-order chi connectivity index (χ0) is 16.9. The number of nitrogens with one attached hydrogen (secondary N) is 3. The lowest BCUT2D eigenvalue weighted by Crippen LogP contribution is -2.55. The molecule has 0 unspecified atom stereocenters.